The number of anilines is 1. The lowest BCUT2D eigenvalue weighted by atomic mass is 9.98. The van der Waals surface area contributed by atoms with Crippen LogP contribution in [0.25, 0.3) is 0 Å². The Balaban J connectivity index is 0.00000450. The number of carbonyl (C=O) groups excluding carboxylic acids is 1. The van der Waals surface area contributed by atoms with Crippen molar-refractivity contribution in [2.45, 2.75) is 51.6 Å². The summed E-state index contributed by atoms with van der Waals surface area (Å²) in [6, 6.07) is 1.71. The number of guanidine groups is 1. The van der Waals surface area contributed by atoms with E-state index in [9.17, 15) is 18.0 Å². The van der Waals surface area contributed by atoms with Gasteiger partial charge in [0.2, 0.25) is 5.91 Å². The van der Waals surface area contributed by atoms with Gasteiger partial charge in [0.25, 0.3) is 0 Å². The first-order chi connectivity index (χ1) is 14.0. The minimum absolute atomic E-state index is 0. The molecule has 0 unspecified atom stereocenters. The van der Waals surface area contributed by atoms with Crippen molar-refractivity contribution >= 4 is 41.5 Å². The molecular weight excluding hydrogens is 512 g/mol. The van der Waals surface area contributed by atoms with E-state index in [1.54, 1.807) is 0 Å². The molecule has 1 aromatic carbocycles. The molecule has 0 aliphatic heterocycles. The van der Waals surface area contributed by atoms with Gasteiger partial charge in [-0.3, -0.25) is 4.79 Å². The molecule has 0 atom stereocenters. The van der Waals surface area contributed by atoms with Crippen molar-refractivity contribution in [3.63, 3.8) is 0 Å². The van der Waals surface area contributed by atoms with Crippen molar-refractivity contribution in [3.05, 3.63) is 29.6 Å². The van der Waals surface area contributed by atoms with Gasteiger partial charge in [-0.2, -0.15) is 0 Å². The fraction of sp³-hybridized carbons (Fsp3) is 0.600. The molecule has 30 heavy (non-hydrogen) atoms. The Labute approximate surface area is 192 Å². The van der Waals surface area contributed by atoms with Crippen molar-refractivity contribution in [3.8, 4) is 0 Å². The highest BCUT2D eigenvalue weighted by Crippen LogP contribution is 2.20. The molecule has 1 fully saturated rings. The predicted octanol–water partition coefficient (Wildman–Crippen LogP) is 3.95. The normalized spacial score (nSPS) is 14.7. The lowest BCUT2D eigenvalue weighted by molar-refractivity contribution is -0.114. The zero-order valence-corrected chi connectivity index (χ0v) is 19.4. The number of hydrogen-bond acceptors (Lipinski definition) is 3. The maximum absolute atomic E-state index is 13.6. The molecule has 0 saturated heterocycles. The highest BCUT2D eigenvalue weighted by molar-refractivity contribution is 14.0. The summed E-state index contributed by atoms with van der Waals surface area (Å²) in [4.78, 5) is 16.1. The monoisotopic (exact) mass is 542 g/mol. The average Bonchev–Trinajstić information content (AvgIpc) is 2.73. The van der Waals surface area contributed by atoms with Crippen LogP contribution < -0.4 is 16.0 Å². The van der Waals surface area contributed by atoms with Crippen molar-refractivity contribution in [2.75, 3.05) is 31.6 Å². The van der Waals surface area contributed by atoms with E-state index in [-0.39, 0.29) is 30.5 Å². The molecule has 6 nitrogen and oxygen atoms in total. The summed E-state index contributed by atoms with van der Waals surface area (Å²) in [6.07, 6.45) is 7.18. The molecule has 2 rings (SSSR count). The number of carbonyl (C=O) groups is 1. The third-order valence-electron chi connectivity index (χ3n) is 4.55. The Morgan fingerprint density at radius 3 is 2.57 bits per heavy atom. The molecule has 1 saturated carbocycles. The van der Waals surface area contributed by atoms with E-state index in [0.29, 0.717) is 31.8 Å². The van der Waals surface area contributed by atoms with E-state index < -0.39 is 29.0 Å². The van der Waals surface area contributed by atoms with Crippen LogP contribution in [-0.2, 0) is 9.53 Å². The molecule has 1 aliphatic carbocycles. The Bertz CT molecular complexity index is 701. The van der Waals surface area contributed by atoms with Gasteiger partial charge in [0.1, 0.15) is 6.54 Å². The molecule has 0 heterocycles. The Hall–Kier alpha value is -1.56. The molecule has 3 N–H and O–H groups in total. The van der Waals surface area contributed by atoms with Crippen LogP contribution in [0.15, 0.2) is 17.1 Å². The fourth-order valence-electron chi connectivity index (χ4n) is 3.07. The maximum Gasteiger partial charge on any atom is 0.246 e. The number of nitrogens with zero attached hydrogens (tertiary/aromatic N) is 1. The van der Waals surface area contributed by atoms with Gasteiger partial charge < -0.3 is 20.7 Å². The summed E-state index contributed by atoms with van der Waals surface area (Å²) in [7, 11) is 0. The summed E-state index contributed by atoms with van der Waals surface area (Å²) in [6.45, 7) is 3.47. The number of nitrogens with one attached hydrogen (secondary N) is 3. The Morgan fingerprint density at radius 1 is 1.13 bits per heavy atom. The van der Waals surface area contributed by atoms with Gasteiger partial charge in [0.15, 0.2) is 23.4 Å². The van der Waals surface area contributed by atoms with Crippen LogP contribution in [-0.4, -0.2) is 44.2 Å². The lowest BCUT2D eigenvalue weighted by Crippen LogP contribution is -2.38. The van der Waals surface area contributed by atoms with Crippen LogP contribution in [0.2, 0.25) is 0 Å². The number of aliphatic imine (C=N–C) groups is 1. The average molecular weight is 542 g/mol. The molecule has 170 valence electrons. The SMILES string of the molecule is CCNC(=NCC(=O)Nc1ccc(F)c(F)c1F)NCCCOC1CCCCC1.I. The topological polar surface area (TPSA) is 74.8 Å². The number of rotatable bonds is 9. The summed E-state index contributed by atoms with van der Waals surface area (Å²) < 4.78 is 45.6. The molecule has 10 heteroatoms. The molecule has 0 radical (unpaired) electrons. The molecule has 0 spiro atoms. The first-order valence-corrected chi connectivity index (χ1v) is 10.1. The third kappa shape index (κ3) is 9.07. The van der Waals surface area contributed by atoms with Gasteiger partial charge in [-0.05, 0) is 38.3 Å². The summed E-state index contributed by atoms with van der Waals surface area (Å²) in [5.74, 6) is -4.59. The van der Waals surface area contributed by atoms with Crippen molar-refractivity contribution in [1.29, 1.82) is 0 Å². The Morgan fingerprint density at radius 2 is 1.87 bits per heavy atom. The van der Waals surface area contributed by atoms with Gasteiger partial charge in [0, 0.05) is 19.7 Å². The first-order valence-electron chi connectivity index (χ1n) is 10.1. The van der Waals surface area contributed by atoms with Crippen LogP contribution >= 0.6 is 24.0 Å². The fourth-order valence-corrected chi connectivity index (χ4v) is 3.07. The van der Waals surface area contributed by atoms with Crippen molar-refractivity contribution in [2.24, 2.45) is 4.99 Å². The predicted molar refractivity (Wildman–Crippen MR) is 122 cm³/mol. The van der Waals surface area contributed by atoms with Crippen LogP contribution in [0.3, 0.4) is 0 Å². The molecule has 1 amide bonds. The molecular formula is C20H30F3IN4O2. The standard InChI is InChI=1S/C20H29F3N4O2.HI/c1-2-24-20(25-11-6-12-29-14-7-4-3-5-8-14)26-13-17(28)27-16-10-9-15(21)18(22)19(16)23;/h9-10,14H,2-8,11-13H2,1H3,(H,27,28)(H2,24,25,26);1H. The largest absolute Gasteiger partial charge is 0.378 e. The number of benzene rings is 1. The van der Waals surface area contributed by atoms with E-state index in [1.807, 2.05) is 6.92 Å². The highest BCUT2D eigenvalue weighted by atomic mass is 127. The van der Waals surface area contributed by atoms with Gasteiger partial charge >= 0.3 is 0 Å². The maximum atomic E-state index is 13.6. The van der Waals surface area contributed by atoms with Crippen molar-refractivity contribution in [1.82, 2.24) is 10.6 Å². The lowest BCUT2D eigenvalue weighted by Gasteiger charge is -2.22. The number of ether oxygens (including phenoxy) is 1. The molecule has 0 aromatic heterocycles. The van der Waals surface area contributed by atoms with E-state index in [0.717, 1.165) is 31.4 Å². The second-order valence-electron chi connectivity index (χ2n) is 6.88. The van der Waals surface area contributed by atoms with E-state index in [2.05, 4.69) is 20.9 Å². The van der Waals surface area contributed by atoms with E-state index in [4.69, 9.17) is 4.74 Å². The quantitative estimate of drug-likeness (QED) is 0.145. The van der Waals surface area contributed by atoms with Crippen LogP contribution in [0.1, 0.15) is 45.4 Å². The molecule has 1 aromatic rings. The second-order valence-corrected chi connectivity index (χ2v) is 6.88. The number of hydrogen-bond donors (Lipinski definition) is 3. The molecule has 1 aliphatic rings. The second kappa shape index (κ2) is 14.4. The number of amides is 1. The van der Waals surface area contributed by atoms with E-state index >= 15 is 0 Å². The third-order valence-corrected chi connectivity index (χ3v) is 4.55. The first kappa shape index (κ1) is 26.5. The van der Waals surface area contributed by atoms with Crippen LogP contribution in [0.5, 0.6) is 0 Å². The Kier molecular flexibility index (Phi) is 12.7. The number of halogens is 4. The van der Waals surface area contributed by atoms with Crippen LogP contribution in [0.4, 0.5) is 18.9 Å². The van der Waals surface area contributed by atoms with Gasteiger partial charge in [0.05, 0.1) is 11.8 Å². The minimum atomic E-state index is -1.63. The van der Waals surface area contributed by atoms with Gasteiger partial charge in [-0.1, -0.05) is 19.3 Å². The highest BCUT2D eigenvalue weighted by Gasteiger charge is 2.15. The summed E-state index contributed by atoms with van der Waals surface area (Å²) in [5, 5.41) is 8.29. The van der Waals surface area contributed by atoms with Crippen LogP contribution in [0, 0.1) is 17.5 Å². The zero-order valence-electron chi connectivity index (χ0n) is 17.1. The zero-order chi connectivity index (χ0) is 21.1. The van der Waals surface area contributed by atoms with Crippen molar-refractivity contribution < 1.29 is 22.7 Å². The molecule has 0 bridgehead atoms. The summed E-state index contributed by atoms with van der Waals surface area (Å²) >= 11 is 0. The minimum Gasteiger partial charge on any atom is -0.378 e. The van der Waals surface area contributed by atoms with Gasteiger partial charge in [-0.25, -0.2) is 18.2 Å². The van der Waals surface area contributed by atoms with Gasteiger partial charge in [-0.15, -0.1) is 24.0 Å². The smallest absolute Gasteiger partial charge is 0.246 e. The summed E-state index contributed by atoms with van der Waals surface area (Å²) in [5.41, 5.74) is -0.429. The van der Waals surface area contributed by atoms with E-state index in [1.165, 1.54) is 19.3 Å².